The second-order valence-electron chi connectivity index (χ2n) is 18.4. The second kappa shape index (κ2) is 30.1. The van der Waals surface area contributed by atoms with Gasteiger partial charge in [-0.25, -0.2) is 8.42 Å². The number of rotatable bonds is 34. The number of carbonyl (C=O) groups excluding carboxylic acids is 5. The van der Waals surface area contributed by atoms with Gasteiger partial charge < -0.3 is 49.4 Å². The van der Waals surface area contributed by atoms with Gasteiger partial charge in [0.25, 0.3) is 5.91 Å². The zero-order valence-electron chi connectivity index (χ0n) is 42.3. The van der Waals surface area contributed by atoms with E-state index < -0.39 is 69.4 Å². The molecule has 0 spiro atoms. The van der Waals surface area contributed by atoms with Crippen molar-refractivity contribution < 1.29 is 56.1 Å². The molecule has 8 atom stereocenters. The van der Waals surface area contributed by atoms with Gasteiger partial charge in [0.15, 0.2) is 0 Å². The van der Waals surface area contributed by atoms with Crippen molar-refractivity contribution in [3.05, 3.63) is 35.9 Å². The summed E-state index contributed by atoms with van der Waals surface area (Å²) in [5, 5.41) is 8.04. The molecule has 68 heavy (non-hydrogen) atoms. The standard InChI is InChI=1S/C48H83N7O12S/c1-11-34(4)44(54(8)42(57)32-50-48(60)43(33(2)3)53(7)23-25-66-27-29-67-28-26-65-24-21-49-6)40(63-9)31-41(56)55-22-15-18-39(55)45(64-10)35(5)46(58)51-38(30-36-16-13-12-14-17-36)47(59)52-68(61,62)37-19-20-37/h12-14,16-17,33-35,37-40,43-45,49H,11,15,18-32H2,1-10H3,(H,50,60)(H,51,58)(H,52,59)/t34-,35?,38-,39?,40?,43?,44?,45?/m0/s1. The van der Waals surface area contributed by atoms with Crippen LogP contribution in [0.25, 0.3) is 0 Å². The summed E-state index contributed by atoms with van der Waals surface area (Å²) < 4.78 is 56.3. The Labute approximate surface area is 405 Å². The minimum Gasteiger partial charge on any atom is -0.379 e. The smallest absolute Gasteiger partial charge is 0.256 e. The van der Waals surface area contributed by atoms with Crippen molar-refractivity contribution in [1.29, 1.82) is 0 Å². The summed E-state index contributed by atoms with van der Waals surface area (Å²) in [6.45, 7) is 13.9. The van der Waals surface area contributed by atoms with Crippen LogP contribution < -0.4 is 20.7 Å². The van der Waals surface area contributed by atoms with Crippen LogP contribution in [-0.2, 0) is 64.1 Å². The zero-order chi connectivity index (χ0) is 50.4. The summed E-state index contributed by atoms with van der Waals surface area (Å²) in [6, 6.07) is 6.30. The number of likely N-dealkylation sites (N-methyl/N-ethyl adjacent to an activating group) is 3. The van der Waals surface area contributed by atoms with Crippen LogP contribution in [0.2, 0.25) is 0 Å². The molecule has 2 fully saturated rings. The van der Waals surface area contributed by atoms with Crippen molar-refractivity contribution >= 4 is 39.6 Å². The first-order valence-corrected chi connectivity index (χ1v) is 25.8. The van der Waals surface area contributed by atoms with Gasteiger partial charge in [0.1, 0.15) is 6.04 Å². The van der Waals surface area contributed by atoms with E-state index in [1.54, 1.807) is 48.0 Å². The van der Waals surface area contributed by atoms with Crippen molar-refractivity contribution in [3.63, 3.8) is 0 Å². The molecule has 2 aliphatic rings. The summed E-state index contributed by atoms with van der Waals surface area (Å²) in [7, 11) is 4.51. The van der Waals surface area contributed by atoms with Crippen molar-refractivity contribution in [2.24, 2.45) is 17.8 Å². The first-order chi connectivity index (χ1) is 32.4. The monoisotopic (exact) mass is 982 g/mol. The number of ether oxygens (including phenoxy) is 5. The van der Waals surface area contributed by atoms with E-state index in [0.717, 1.165) is 12.1 Å². The van der Waals surface area contributed by atoms with Crippen molar-refractivity contribution in [2.75, 3.05) is 101 Å². The van der Waals surface area contributed by atoms with Gasteiger partial charge in [-0.2, -0.15) is 0 Å². The van der Waals surface area contributed by atoms with E-state index in [-0.39, 0.29) is 48.9 Å². The van der Waals surface area contributed by atoms with Crippen LogP contribution in [0.4, 0.5) is 0 Å². The maximum absolute atomic E-state index is 14.3. The molecule has 3 rings (SSSR count). The Morgan fingerprint density at radius 2 is 1.47 bits per heavy atom. The van der Waals surface area contributed by atoms with E-state index in [2.05, 4.69) is 20.7 Å². The third-order valence-electron chi connectivity index (χ3n) is 13.0. The number of sulfonamides is 1. The predicted octanol–water partition coefficient (Wildman–Crippen LogP) is 1.58. The number of carbonyl (C=O) groups is 5. The highest BCUT2D eigenvalue weighted by Gasteiger charge is 2.43. The number of benzene rings is 1. The Balaban J connectivity index is 1.62. The topological polar surface area (TPSA) is 223 Å². The van der Waals surface area contributed by atoms with Gasteiger partial charge in [-0.05, 0) is 57.2 Å². The third kappa shape index (κ3) is 18.5. The molecule has 388 valence electrons. The molecule has 1 aromatic carbocycles. The molecule has 19 nitrogen and oxygen atoms in total. The fraction of sp³-hybridized carbons (Fsp3) is 0.771. The molecule has 4 N–H and O–H groups in total. The summed E-state index contributed by atoms with van der Waals surface area (Å²) in [5.41, 5.74) is 0.734. The molecular formula is C48H83N7O12S. The third-order valence-corrected chi connectivity index (χ3v) is 14.9. The Kier molecular flexibility index (Phi) is 25.9. The van der Waals surface area contributed by atoms with Gasteiger partial charge in [0, 0.05) is 47.3 Å². The predicted molar refractivity (Wildman–Crippen MR) is 259 cm³/mol. The summed E-state index contributed by atoms with van der Waals surface area (Å²) in [4.78, 5) is 74.3. The highest BCUT2D eigenvalue weighted by molar-refractivity contribution is 7.90. The Morgan fingerprint density at radius 1 is 0.838 bits per heavy atom. The van der Waals surface area contributed by atoms with Crippen LogP contribution in [0.15, 0.2) is 30.3 Å². The van der Waals surface area contributed by atoms with E-state index in [0.29, 0.717) is 84.8 Å². The number of nitrogens with one attached hydrogen (secondary N) is 4. The van der Waals surface area contributed by atoms with Gasteiger partial charge in [-0.3, -0.25) is 33.6 Å². The second-order valence-corrected chi connectivity index (χ2v) is 20.4. The van der Waals surface area contributed by atoms with Crippen LogP contribution in [0.3, 0.4) is 0 Å². The average Bonchev–Trinajstić information content (AvgIpc) is 4.08. The highest BCUT2D eigenvalue weighted by Crippen LogP contribution is 2.30. The van der Waals surface area contributed by atoms with Gasteiger partial charge >= 0.3 is 0 Å². The lowest BCUT2D eigenvalue weighted by Crippen LogP contribution is -2.56. The normalized spacial score (nSPS) is 18.4. The molecule has 1 aliphatic carbocycles. The average molecular weight is 982 g/mol. The van der Waals surface area contributed by atoms with Crippen LogP contribution in [0, 0.1) is 17.8 Å². The molecule has 0 radical (unpaired) electrons. The molecule has 1 saturated carbocycles. The molecule has 20 heteroatoms. The lowest BCUT2D eigenvalue weighted by Gasteiger charge is -2.39. The molecule has 1 aliphatic heterocycles. The summed E-state index contributed by atoms with van der Waals surface area (Å²) in [5.74, 6) is -3.16. The zero-order valence-corrected chi connectivity index (χ0v) is 43.1. The molecule has 1 heterocycles. The quantitative estimate of drug-likeness (QED) is 0.0721. The molecule has 0 bridgehead atoms. The number of hydrogen-bond acceptors (Lipinski definition) is 14. The SMILES string of the molecule is CC[C@H](C)C(C(CC(=O)N1CCCC1C(OC)C(C)C(=O)N[C@@H](Cc1ccccc1)C(=O)NS(=O)(=O)C1CC1)OC)N(C)C(=O)CNC(=O)C(C(C)C)N(C)CCOCCOCCOCCNC. The molecular weight excluding hydrogens is 899 g/mol. The van der Waals surface area contributed by atoms with E-state index in [1.807, 2.05) is 52.8 Å². The van der Waals surface area contributed by atoms with Crippen LogP contribution >= 0.6 is 0 Å². The van der Waals surface area contributed by atoms with E-state index in [1.165, 1.54) is 14.2 Å². The maximum Gasteiger partial charge on any atom is 0.256 e. The van der Waals surface area contributed by atoms with Crippen molar-refractivity contribution in [2.45, 2.75) is 121 Å². The maximum atomic E-state index is 14.3. The number of hydrogen-bond donors (Lipinski definition) is 4. The number of methoxy groups -OCH3 is 2. The molecule has 0 aromatic heterocycles. The molecule has 1 aromatic rings. The van der Waals surface area contributed by atoms with Crippen LogP contribution in [0.5, 0.6) is 0 Å². The first-order valence-electron chi connectivity index (χ1n) is 24.3. The summed E-state index contributed by atoms with van der Waals surface area (Å²) in [6.07, 6.45) is 1.39. The van der Waals surface area contributed by atoms with E-state index >= 15 is 0 Å². The van der Waals surface area contributed by atoms with Gasteiger partial charge in [-0.1, -0.05) is 71.4 Å². The minimum absolute atomic E-state index is 0.0545. The summed E-state index contributed by atoms with van der Waals surface area (Å²) >= 11 is 0. The van der Waals surface area contributed by atoms with Gasteiger partial charge in [0.05, 0.1) is 94.1 Å². The largest absolute Gasteiger partial charge is 0.379 e. The molecule has 5 amide bonds. The van der Waals surface area contributed by atoms with Gasteiger partial charge in [0.2, 0.25) is 33.7 Å². The van der Waals surface area contributed by atoms with Crippen LogP contribution in [0.1, 0.15) is 78.7 Å². The fourth-order valence-electron chi connectivity index (χ4n) is 8.83. The van der Waals surface area contributed by atoms with Gasteiger partial charge in [-0.15, -0.1) is 0 Å². The molecule has 6 unspecified atom stereocenters. The highest BCUT2D eigenvalue weighted by atomic mass is 32.2. The minimum atomic E-state index is -3.87. The Hall–Kier alpha value is -3.76. The fourth-order valence-corrected chi connectivity index (χ4v) is 10.2. The lowest BCUT2D eigenvalue weighted by atomic mass is 9.90. The number of likely N-dealkylation sites (tertiary alicyclic amines) is 1. The first kappa shape index (κ1) is 58.6. The van der Waals surface area contributed by atoms with E-state index in [4.69, 9.17) is 23.7 Å². The number of nitrogens with zero attached hydrogens (tertiary/aromatic N) is 3. The Morgan fingerprint density at radius 3 is 2.04 bits per heavy atom. The van der Waals surface area contributed by atoms with Crippen molar-refractivity contribution in [1.82, 2.24) is 35.4 Å². The Bertz CT molecular complexity index is 1810. The molecule has 1 saturated heterocycles. The lowest BCUT2D eigenvalue weighted by molar-refractivity contribution is -0.146. The van der Waals surface area contributed by atoms with Crippen LogP contribution in [-0.4, -0.2) is 195 Å². The number of amides is 5. The van der Waals surface area contributed by atoms with Crippen molar-refractivity contribution in [3.8, 4) is 0 Å². The van der Waals surface area contributed by atoms with E-state index in [9.17, 15) is 32.4 Å².